The summed E-state index contributed by atoms with van der Waals surface area (Å²) < 4.78 is 0. The molecule has 0 saturated heterocycles. The van der Waals surface area contributed by atoms with Gasteiger partial charge >= 0.3 is 0 Å². The Balaban J connectivity index is 2.31. The first-order valence-corrected chi connectivity index (χ1v) is 6.83. The predicted molar refractivity (Wildman–Crippen MR) is 80.6 cm³/mol. The van der Waals surface area contributed by atoms with Gasteiger partial charge in [0.2, 0.25) is 0 Å². The summed E-state index contributed by atoms with van der Waals surface area (Å²) in [6.45, 7) is 4.55. The number of rotatable bonds is 5. The van der Waals surface area contributed by atoms with Crippen molar-refractivity contribution in [1.29, 1.82) is 0 Å². The van der Waals surface area contributed by atoms with Gasteiger partial charge in [-0.05, 0) is 32.4 Å². The molecular formula is C15H21N3O2. The number of aromatic nitrogens is 1. The number of carbonyl (C=O) groups excluding carboxylic acids is 1. The lowest BCUT2D eigenvalue weighted by atomic mass is 10.2. The second-order valence-electron chi connectivity index (χ2n) is 5.16. The van der Waals surface area contributed by atoms with Crippen molar-refractivity contribution in [2.75, 3.05) is 18.9 Å². The second kappa shape index (κ2) is 5.96. The van der Waals surface area contributed by atoms with E-state index in [-0.39, 0.29) is 18.6 Å². The molecule has 0 atom stereocenters. The molecular weight excluding hydrogens is 254 g/mol. The normalized spacial score (nSPS) is 11.2. The Morgan fingerprint density at radius 1 is 1.45 bits per heavy atom. The third kappa shape index (κ3) is 2.77. The van der Waals surface area contributed by atoms with Crippen molar-refractivity contribution in [2.24, 2.45) is 0 Å². The number of nitrogens with two attached hydrogens (primary N) is 1. The topological polar surface area (TPSA) is 82.3 Å². The number of anilines is 1. The zero-order valence-corrected chi connectivity index (χ0v) is 11.9. The molecule has 2 aromatic rings. The summed E-state index contributed by atoms with van der Waals surface area (Å²) in [6.07, 6.45) is 0.576. The third-order valence-electron chi connectivity index (χ3n) is 3.36. The number of benzene rings is 1. The maximum absolute atomic E-state index is 12.5. The van der Waals surface area contributed by atoms with Gasteiger partial charge in [-0.2, -0.15) is 0 Å². The van der Waals surface area contributed by atoms with Gasteiger partial charge in [0, 0.05) is 24.6 Å². The molecule has 2 rings (SSSR count). The highest BCUT2D eigenvalue weighted by Crippen LogP contribution is 2.22. The van der Waals surface area contributed by atoms with E-state index < -0.39 is 0 Å². The first kappa shape index (κ1) is 14.4. The minimum atomic E-state index is -0.0657. The number of nitrogen functional groups attached to an aromatic ring is 1. The van der Waals surface area contributed by atoms with Crippen LogP contribution in [0.3, 0.4) is 0 Å². The number of hydrogen-bond donors (Lipinski definition) is 3. The number of hydrogen-bond acceptors (Lipinski definition) is 3. The minimum absolute atomic E-state index is 0.0657. The average Bonchev–Trinajstić information content (AvgIpc) is 2.84. The Kier molecular flexibility index (Phi) is 4.29. The number of amides is 1. The summed E-state index contributed by atoms with van der Waals surface area (Å²) in [5.41, 5.74) is 7.85. The van der Waals surface area contributed by atoms with Crippen LogP contribution in [0.2, 0.25) is 0 Å². The van der Waals surface area contributed by atoms with Crippen LogP contribution >= 0.6 is 0 Å². The fourth-order valence-electron chi connectivity index (χ4n) is 2.28. The van der Waals surface area contributed by atoms with Crippen LogP contribution in [-0.2, 0) is 0 Å². The highest BCUT2D eigenvalue weighted by atomic mass is 16.3. The number of fused-ring (bicyclic) bond motifs is 1. The van der Waals surface area contributed by atoms with Gasteiger partial charge in [0.05, 0.1) is 11.2 Å². The van der Waals surface area contributed by atoms with Gasteiger partial charge in [-0.3, -0.25) is 4.79 Å². The lowest BCUT2D eigenvalue weighted by molar-refractivity contribution is 0.0688. The Hall–Kier alpha value is -2.01. The van der Waals surface area contributed by atoms with Gasteiger partial charge in [0.15, 0.2) is 0 Å². The third-order valence-corrected chi connectivity index (χ3v) is 3.36. The van der Waals surface area contributed by atoms with Crippen molar-refractivity contribution in [3.63, 3.8) is 0 Å². The molecule has 1 aromatic heterocycles. The molecule has 0 saturated carbocycles. The van der Waals surface area contributed by atoms with Crippen LogP contribution in [-0.4, -0.2) is 40.1 Å². The molecule has 0 radical (unpaired) electrons. The van der Waals surface area contributed by atoms with Gasteiger partial charge in [-0.25, -0.2) is 0 Å². The van der Waals surface area contributed by atoms with Crippen LogP contribution in [0.1, 0.15) is 30.8 Å². The average molecular weight is 275 g/mol. The summed E-state index contributed by atoms with van der Waals surface area (Å²) in [5, 5.41) is 9.87. The van der Waals surface area contributed by atoms with E-state index in [0.29, 0.717) is 24.3 Å². The number of nitrogens with one attached hydrogen (secondary N) is 1. The van der Waals surface area contributed by atoms with Crippen molar-refractivity contribution in [3.05, 3.63) is 30.0 Å². The first-order chi connectivity index (χ1) is 9.54. The number of aliphatic hydroxyl groups excluding tert-OH is 1. The van der Waals surface area contributed by atoms with E-state index >= 15 is 0 Å². The fraction of sp³-hybridized carbons (Fsp3) is 0.400. The number of carbonyl (C=O) groups is 1. The van der Waals surface area contributed by atoms with Crippen molar-refractivity contribution < 1.29 is 9.90 Å². The smallest absolute Gasteiger partial charge is 0.270 e. The summed E-state index contributed by atoms with van der Waals surface area (Å²) in [7, 11) is 0. The standard InChI is InChI=1S/C15H21N3O2/c1-10(2)18(7-4-8-19)15(20)13-9-11-5-3-6-12(16)14(11)17-13/h3,5-6,9-10,17,19H,4,7-8,16H2,1-2H3. The van der Waals surface area contributed by atoms with E-state index in [2.05, 4.69) is 4.98 Å². The molecule has 5 heteroatoms. The molecule has 108 valence electrons. The molecule has 1 heterocycles. The first-order valence-electron chi connectivity index (χ1n) is 6.83. The lowest BCUT2D eigenvalue weighted by Gasteiger charge is -2.26. The van der Waals surface area contributed by atoms with Gasteiger partial charge < -0.3 is 20.7 Å². The molecule has 4 N–H and O–H groups in total. The summed E-state index contributed by atoms with van der Waals surface area (Å²) in [5.74, 6) is -0.0657. The molecule has 0 fully saturated rings. The maximum atomic E-state index is 12.5. The highest BCUT2D eigenvalue weighted by molar-refractivity contribution is 6.00. The molecule has 0 aliphatic rings. The molecule has 0 aliphatic heterocycles. The molecule has 5 nitrogen and oxygen atoms in total. The van der Waals surface area contributed by atoms with Gasteiger partial charge in [0.25, 0.3) is 5.91 Å². The summed E-state index contributed by atoms with van der Waals surface area (Å²) in [4.78, 5) is 17.4. The number of aliphatic hydroxyl groups is 1. The molecule has 0 spiro atoms. The largest absolute Gasteiger partial charge is 0.397 e. The SMILES string of the molecule is CC(C)N(CCCO)C(=O)c1cc2cccc(N)c2[nH]1. The van der Waals surface area contributed by atoms with E-state index in [4.69, 9.17) is 10.8 Å². The summed E-state index contributed by atoms with van der Waals surface area (Å²) in [6, 6.07) is 7.50. The van der Waals surface area contributed by atoms with Crippen LogP contribution < -0.4 is 5.73 Å². The number of para-hydroxylation sites is 1. The second-order valence-corrected chi connectivity index (χ2v) is 5.16. The number of H-pyrrole nitrogens is 1. The van der Waals surface area contributed by atoms with E-state index in [0.717, 1.165) is 10.9 Å². The number of nitrogens with zero attached hydrogens (tertiary/aromatic N) is 1. The van der Waals surface area contributed by atoms with Crippen LogP contribution in [0, 0.1) is 0 Å². The zero-order valence-electron chi connectivity index (χ0n) is 11.9. The van der Waals surface area contributed by atoms with Crippen molar-refractivity contribution in [1.82, 2.24) is 9.88 Å². The molecule has 20 heavy (non-hydrogen) atoms. The van der Waals surface area contributed by atoms with E-state index in [9.17, 15) is 4.79 Å². The Bertz CT molecular complexity index is 604. The molecule has 1 amide bonds. The van der Waals surface area contributed by atoms with Crippen molar-refractivity contribution in [3.8, 4) is 0 Å². The van der Waals surface area contributed by atoms with E-state index in [1.807, 2.05) is 32.0 Å². The zero-order chi connectivity index (χ0) is 14.7. The molecule has 0 aliphatic carbocycles. The van der Waals surface area contributed by atoms with Gasteiger partial charge in [-0.15, -0.1) is 0 Å². The van der Waals surface area contributed by atoms with E-state index in [1.54, 1.807) is 11.0 Å². The molecule has 0 bridgehead atoms. The highest BCUT2D eigenvalue weighted by Gasteiger charge is 2.20. The van der Waals surface area contributed by atoms with E-state index in [1.165, 1.54) is 0 Å². The molecule has 0 unspecified atom stereocenters. The maximum Gasteiger partial charge on any atom is 0.270 e. The fourth-order valence-corrected chi connectivity index (χ4v) is 2.28. The van der Waals surface area contributed by atoms with Crippen LogP contribution in [0.4, 0.5) is 5.69 Å². The van der Waals surface area contributed by atoms with Crippen LogP contribution in [0.25, 0.3) is 10.9 Å². The van der Waals surface area contributed by atoms with Crippen LogP contribution in [0.15, 0.2) is 24.3 Å². The quantitative estimate of drug-likeness (QED) is 0.730. The van der Waals surface area contributed by atoms with Gasteiger partial charge in [0.1, 0.15) is 5.69 Å². The monoisotopic (exact) mass is 275 g/mol. The number of aromatic amines is 1. The lowest BCUT2D eigenvalue weighted by Crippen LogP contribution is -2.38. The van der Waals surface area contributed by atoms with Crippen molar-refractivity contribution >= 4 is 22.5 Å². The Morgan fingerprint density at radius 2 is 2.20 bits per heavy atom. The van der Waals surface area contributed by atoms with Gasteiger partial charge in [-0.1, -0.05) is 12.1 Å². The Labute approximate surface area is 118 Å². The van der Waals surface area contributed by atoms with Crippen LogP contribution in [0.5, 0.6) is 0 Å². The molecule has 1 aromatic carbocycles. The van der Waals surface area contributed by atoms with Crippen molar-refractivity contribution in [2.45, 2.75) is 26.3 Å². The predicted octanol–water partition coefficient (Wildman–Crippen LogP) is 1.98. The summed E-state index contributed by atoms with van der Waals surface area (Å²) >= 11 is 0. The minimum Gasteiger partial charge on any atom is -0.397 e. The Morgan fingerprint density at radius 3 is 2.80 bits per heavy atom.